The van der Waals surface area contributed by atoms with Crippen LogP contribution < -0.4 is 26.4 Å². The molecule has 10 heteroatoms. The Morgan fingerprint density at radius 1 is 0.806 bits per heavy atom. The number of hydrogen-bond donors (Lipinski definition) is 4. The zero-order valence-corrected chi connectivity index (χ0v) is 18.5. The Morgan fingerprint density at radius 3 is 2.03 bits per heavy atom. The van der Waals surface area contributed by atoms with Gasteiger partial charge in [-0.2, -0.15) is 15.0 Å². The lowest BCUT2D eigenvalue weighted by molar-refractivity contribution is 0.0547. The van der Waals surface area contributed by atoms with Crippen LogP contribution in [0.3, 0.4) is 0 Å². The summed E-state index contributed by atoms with van der Waals surface area (Å²) in [5, 5.41) is 9.70. The highest BCUT2D eigenvalue weighted by Crippen LogP contribution is 2.14. The maximum Gasteiger partial charge on any atom is 0.229 e. The fraction of sp³-hybridized carbons (Fsp3) is 0.571. The van der Waals surface area contributed by atoms with Gasteiger partial charge in [0.2, 0.25) is 17.8 Å². The lowest BCUT2D eigenvalue weighted by atomic mass is 10.2. The lowest BCUT2D eigenvalue weighted by Gasteiger charge is -2.12. The first-order valence-electron chi connectivity index (χ1n) is 10.7. The number of nitrogens with two attached hydrogens (primary N) is 1. The molecule has 0 aliphatic rings. The Hall–Kier alpha value is -2.69. The van der Waals surface area contributed by atoms with Crippen LogP contribution in [0.1, 0.15) is 25.3 Å². The SMILES string of the molecule is CCCCNc1nc(NCCOCCOCCN)nc(NCc2ccc(OC)cc2)n1. The van der Waals surface area contributed by atoms with E-state index in [-0.39, 0.29) is 0 Å². The van der Waals surface area contributed by atoms with E-state index in [1.807, 2.05) is 24.3 Å². The number of rotatable bonds is 17. The molecule has 0 saturated heterocycles. The minimum atomic E-state index is 0.495. The van der Waals surface area contributed by atoms with Gasteiger partial charge in [0.25, 0.3) is 0 Å². The van der Waals surface area contributed by atoms with Crippen LogP contribution in [0, 0.1) is 0 Å². The Labute approximate surface area is 184 Å². The molecule has 0 amide bonds. The molecule has 1 heterocycles. The highest BCUT2D eigenvalue weighted by molar-refractivity contribution is 5.42. The third kappa shape index (κ3) is 10.3. The maximum atomic E-state index is 5.53. The van der Waals surface area contributed by atoms with Crippen molar-refractivity contribution >= 4 is 17.8 Å². The van der Waals surface area contributed by atoms with Crippen molar-refractivity contribution in [1.29, 1.82) is 0 Å². The zero-order chi connectivity index (χ0) is 22.2. The van der Waals surface area contributed by atoms with Crippen LogP contribution in [-0.4, -0.2) is 68.1 Å². The van der Waals surface area contributed by atoms with Crippen molar-refractivity contribution in [3.05, 3.63) is 29.8 Å². The smallest absolute Gasteiger partial charge is 0.229 e. The van der Waals surface area contributed by atoms with E-state index in [0.717, 1.165) is 30.7 Å². The van der Waals surface area contributed by atoms with E-state index in [2.05, 4.69) is 37.8 Å². The molecule has 5 N–H and O–H groups in total. The number of anilines is 3. The van der Waals surface area contributed by atoms with Gasteiger partial charge in [-0.05, 0) is 24.1 Å². The van der Waals surface area contributed by atoms with Gasteiger partial charge in [0.15, 0.2) is 0 Å². The largest absolute Gasteiger partial charge is 0.497 e. The van der Waals surface area contributed by atoms with E-state index in [9.17, 15) is 0 Å². The molecule has 0 bridgehead atoms. The predicted octanol–water partition coefficient (Wildman–Crippen LogP) is 2.11. The van der Waals surface area contributed by atoms with E-state index in [0.29, 0.717) is 63.9 Å². The summed E-state index contributed by atoms with van der Waals surface area (Å²) in [6.07, 6.45) is 2.14. The number of nitrogens with one attached hydrogen (secondary N) is 3. The minimum Gasteiger partial charge on any atom is -0.497 e. The molecule has 0 aliphatic heterocycles. The van der Waals surface area contributed by atoms with Crippen molar-refractivity contribution in [3.63, 3.8) is 0 Å². The summed E-state index contributed by atoms with van der Waals surface area (Å²) < 4.78 is 16.0. The predicted molar refractivity (Wildman–Crippen MR) is 123 cm³/mol. The number of ether oxygens (including phenoxy) is 3. The van der Waals surface area contributed by atoms with Crippen molar-refractivity contribution in [2.75, 3.05) is 69.1 Å². The molecule has 0 aliphatic carbocycles. The summed E-state index contributed by atoms with van der Waals surface area (Å²) in [4.78, 5) is 13.4. The van der Waals surface area contributed by atoms with Gasteiger partial charge >= 0.3 is 0 Å². The Kier molecular flexibility index (Phi) is 12.0. The standard InChI is InChI=1S/C21H35N7O3/c1-3-4-10-23-19-26-20(24-11-13-31-15-14-30-12-9-22)28-21(27-19)25-16-17-5-7-18(29-2)8-6-17/h5-8H,3-4,9-16,22H2,1-2H3,(H3,23,24,25,26,27,28). The first kappa shape index (κ1) is 24.6. The molecule has 0 spiro atoms. The first-order valence-corrected chi connectivity index (χ1v) is 10.7. The minimum absolute atomic E-state index is 0.495. The second-order valence-corrected chi connectivity index (χ2v) is 6.73. The number of aromatic nitrogens is 3. The van der Waals surface area contributed by atoms with E-state index in [1.54, 1.807) is 7.11 Å². The Balaban J connectivity index is 1.87. The molecular formula is C21H35N7O3. The fourth-order valence-electron chi connectivity index (χ4n) is 2.55. The first-order chi connectivity index (χ1) is 15.2. The number of nitrogens with zero attached hydrogens (tertiary/aromatic N) is 3. The summed E-state index contributed by atoms with van der Waals surface area (Å²) in [7, 11) is 1.65. The quantitative estimate of drug-likeness (QED) is 0.275. The van der Waals surface area contributed by atoms with Gasteiger partial charge in [0.1, 0.15) is 5.75 Å². The van der Waals surface area contributed by atoms with Crippen LogP contribution in [0.2, 0.25) is 0 Å². The van der Waals surface area contributed by atoms with Crippen LogP contribution >= 0.6 is 0 Å². The number of hydrogen-bond acceptors (Lipinski definition) is 10. The highest BCUT2D eigenvalue weighted by Gasteiger charge is 2.07. The molecule has 0 unspecified atom stereocenters. The molecule has 2 aromatic rings. The molecule has 0 radical (unpaired) electrons. The molecule has 10 nitrogen and oxygen atoms in total. The molecule has 1 aromatic heterocycles. The van der Waals surface area contributed by atoms with Gasteiger partial charge in [0, 0.05) is 26.2 Å². The average Bonchev–Trinajstić information content (AvgIpc) is 2.80. The van der Waals surface area contributed by atoms with E-state index >= 15 is 0 Å². The molecule has 172 valence electrons. The summed E-state index contributed by atoms with van der Waals surface area (Å²) in [5.41, 5.74) is 6.47. The van der Waals surface area contributed by atoms with E-state index in [1.165, 1.54) is 0 Å². The summed E-state index contributed by atoms with van der Waals surface area (Å²) in [5.74, 6) is 2.36. The molecule has 31 heavy (non-hydrogen) atoms. The lowest BCUT2D eigenvalue weighted by Crippen LogP contribution is -2.17. The second-order valence-electron chi connectivity index (χ2n) is 6.73. The number of benzene rings is 1. The summed E-state index contributed by atoms with van der Waals surface area (Å²) >= 11 is 0. The maximum absolute atomic E-state index is 5.53. The van der Waals surface area contributed by atoms with E-state index < -0.39 is 0 Å². The summed E-state index contributed by atoms with van der Waals surface area (Å²) in [6, 6.07) is 7.86. The van der Waals surface area contributed by atoms with Crippen molar-refractivity contribution in [3.8, 4) is 5.75 Å². The van der Waals surface area contributed by atoms with Gasteiger partial charge in [-0.15, -0.1) is 0 Å². The van der Waals surface area contributed by atoms with Crippen molar-refractivity contribution in [2.24, 2.45) is 5.73 Å². The van der Waals surface area contributed by atoms with Crippen LogP contribution in [0.4, 0.5) is 17.8 Å². The van der Waals surface area contributed by atoms with Gasteiger partial charge in [-0.1, -0.05) is 25.5 Å². The second kappa shape index (κ2) is 15.2. The van der Waals surface area contributed by atoms with Crippen LogP contribution in [0.25, 0.3) is 0 Å². The fourth-order valence-corrected chi connectivity index (χ4v) is 2.55. The number of methoxy groups -OCH3 is 1. The number of unbranched alkanes of at least 4 members (excludes halogenated alkanes) is 1. The third-order valence-electron chi connectivity index (χ3n) is 4.22. The van der Waals surface area contributed by atoms with Crippen molar-refractivity contribution in [1.82, 2.24) is 15.0 Å². The highest BCUT2D eigenvalue weighted by atomic mass is 16.5. The summed E-state index contributed by atoms with van der Waals surface area (Å²) in [6.45, 7) is 6.77. The normalized spacial score (nSPS) is 10.7. The Bertz CT molecular complexity index is 731. The van der Waals surface area contributed by atoms with Crippen LogP contribution in [-0.2, 0) is 16.0 Å². The van der Waals surface area contributed by atoms with E-state index in [4.69, 9.17) is 19.9 Å². The van der Waals surface area contributed by atoms with Crippen molar-refractivity contribution in [2.45, 2.75) is 26.3 Å². The van der Waals surface area contributed by atoms with Gasteiger partial charge < -0.3 is 35.9 Å². The zero-order valence-electron chi connectivity index (χ0n) is 18.5. The van der Waals surface area contributed by atoms with Crippen LogP contribution in [0.5, 0.6) is 5.75 Å². The van der Waals surface area contributed by atoms with Gasteiger partial charge in [-0.25, -0.2) is 0 Å². The molecule has 0 saturated carbocycles. The molecule has 2 rings (SSSR count). The van der Waals surface area contributed by atoms with Gasteiger partial charge in [-0.3, -0.25) is 0 Å². The molecular weight excluding hydrogens is 398 g/mol. The Morgan fingerprint density at radius 2 is 1.42 bits per heavy atom. The molecule has 0 atom stereocenters. The topological polar surface area (TPSA) is 128 Å². The van der Waals surface area contributed by atoms with Crippen molar-refractivity contribution < 1.29 is 14.2 Å². The molecule has 1 aromatic carbocycles. The monoisotopic (exact) mass is 433 g/mol. The van der Waals surface area contributed by atoms with Gasteiger partial charge in [0.05, 0.1) is 33.5 Å². The molecule has 0 fully saturated rings. The third-order valence-corrected chi connectivity index (χ3v) is 4.22. The van der Waals surface area contributed by atoms with Crippen LogP contribution in [0.15, 0.2) is 24.3 Å². The average molecular weight is 434 g/mol.